The second kappa shape index (κ2) is 9.06. The predicted octanol–water partition coefficient (Wildman–Crippen LogP) is 4.67. The molecule has 0 spiro atoms. The van der Waals surface area contributed by atoms with Crippen LogP contribution in [0.1, 0.15) is 36.7 Å². The minimum Gasteiger partial charge on any atom is -0.507 e. The molecule has 2 heterocycles. The van der Waals surface area contributed by atoms with Crippen LogP contribution < -0.4 is 9.64 Å². The van der Waals surface area contributed by atoms with Crippen molar-refractivity contribution < 1.29 is 19.4 Å². The maximum absolute atomic E-state index is 13.1. The van der Waals surface area contributed by atoms with Crippen molar-refractivity contribution in [3.63, 3.8) is 0 Å². The van der Waals surface area contributed by atoms with Gasteiger partial charge in [-0.15, -0.1) is 0 Å². The standard InChI is InChI=1S/C26H24N2O4/c1-3-17-8-12-19(13-9-17)28-23(21-7-5-6-16-27-21)22(25(30)26(28)31)24(29)18-10-14-20(15-11-18)32-4-2/h5-16,23,29H,3-4H2,1-2H3/b24-22-. The largest absolute Gasteiger partial charge is 0.507 e. The summed E-state index contributed by atoms with van der Waals surface area (Å²) in [5.74, 6) is -1.03. The van der Waals surface area contributed by atoms with Crippen molar-refractivity contribution in [2.24, 2.45) is 0 Å². The first-order chi connectivity index (χ1) is 15.5. The fourth-order valence-corrected chi connectivity index (χ4v) is 3.84. The number of ketones is 1. The van der Waals surface area contributed by atoms with Crippen molar-refractivity contribution in [1.82, 2.24) is 4.98 Å². The number of amides is 1. The molecular weight excluding hydrogens is 404 g/mol. The topological polar surface area (TPSA) is 79.7 Å². The maximum atomic E-state index is 13.1. The molecule has 1 fully saturated rings. The van der Waals surface area contributed by atoms with Gasteiger partial charge in [-0.1, -0.05) is 25.1 Å². The molecule has 6 heteroatoms. The first-order valence-electron chi connectivity index (χ1n) is 10.6. The van der Waals surface area contributed by atoms with Gasteiger partial charge in [-0.05, 0) is 67.4 Å². The number of hydrogen-bond acceptors (Lipinski definition) is 5. The molecule has 32 heavy (non-hydrogen) atoms. The summed E-state index contributed by atoms with van der Waals surface area (Å²) in [4.78, 5) is 32.0. The molecule has 6 nitrogen and oxygen atoms in total. The Morgan fingerprint density at radius 2 is 1.72 bits per heavy atom. The highest BCUT2D eigenvalue weighted by Crippen LogP contribution is 2.41. The van der Waals surface area contributed by atoms with Crippen LogP contribution in [0.5, 0.6) is 5.75 Å². The molecule has 4 rings (SSSR count). The number of Topliss-reactive ketones (excluding diaryl/α,β-unsaturated/α-hetero) is 1. The number of carbonyl (C=O) groups excluding carboxylic acids is 2. The molecule has 1 aliphatic heterocycles. The van der Waals surface area contributed by atoms with Crippen LogP contribution in [0.3, 0.4) is 0 Å². The molecule has 0 radical (unpaired) electrons. The second-order valence-electron chi connectivity index (χ2n) is 7.40. The summed E-state index contributed by atoms with van der Waals surface area (Å²) in [7, 11) is 0. The highest BCUT2D eigenvalue weighted by Gasteiger charge is 2.47. The Bertz CT molecular complexity index is 1150. The second-order valence-corrected chi connectivity index (χ2v) is 7.40. The van der Waals surface area contributed by atoms with Crippen LogP contribution in [-0.4, -0.2) is 28.4 Å². The normalized spacial score (nSPS) is 17.6. The number of benzene rings is 2. The van der Waals surface area contributed by atoms with Gasteiger partial charge in [0.05, 0.1) is 17.9 Å². The lowest BCUT2D eigenvalue weighted by molar-refractivity contribution is -0.132. The summed E-state index contributed by atoms with van der Waals surface area (Å²) >= 11 is 0. The van der Waals surface area contributed by atoms with Crippen LogP contribution in [0.4, 0.5) is 5.69 Å². The minimum atomic E-state index is -0.838. The highest BCUT2D eigenvalue weighted by molar-refractivity contribution is 6.51. The Balaban J connectivity index is 1.85. The van der Waals surface area contributed by atoms with Gasteiger partial charge in [-0.25, -0.2) is 0 Å². The smallest absolute Gasteiger partial charge is 0.300 e. The van der Waals surface area contributed by atoms with E-state index in [1.807, 2.05) is 38.1 Å². The molecule has 0 aliphatic carbocycles. The van der Waals surface area contributed by atoms with Gasteiger partial charge < -0.3 is 9.84 Å². The summed E-state index contributed by atoms with van der Waals surface area (Å²) in [5.41, 5.74) is 2.63. The van der Waals surface area contributed by atoms with Crippen LogP contribution in [0.25, 0.3) is 5.76 Å². The number of rotatable bonds is 6. The Hall–Kier alpha value is -3.93. The molecular formula is C26H24N2O4. The molecule has 1 aromatic heterocycles. The number of pyridine rings is 1. The average molecular weight is 428 g/mol. The fraction of sp³-hybridized carbons (Fsp3) is 0.192. The van der Waals surface area contributed by atoms with E-state index in [-0.39, 0.29) is 11.3 Å². The number of aromatic nitrogens is 1. The zero-order valence-electron chi connectivity index (χ0n) is 18.0. The number of anilines is 1. The number of aryl methyl sites for hydroxylation is 1. The maximum Gasteiger partial charge on any atom is 0.300 e. The Kier molecular flexibility index (Phi) is 6.03. The predicted molar refractivity (Wildman–Crippen MR) is 122 cm³/mol. The zero-order valence-corrected chi connectivity index (χ0v) is 18.0. The minimum absolute atomic E-state index is 0.0115. The first kappa shape index (κ1) is 21.3. The van der Waals surface area contributed by atoms with Crippen molar-refractivity contribution >= 4 is 23.1 Å². The fourth-order valence-electron chi connectivity index (χ4n) is 3.84. The van der Waals surface area contributed by atoms with Crippen LogP contribution >= 0.6 is 0 Å². The quantitative estimate of drug-likeness (QED) is 0.351. The lowest BCUT2D eigenvalue weighted by atomic mass is 9.98. The number of nitrogens with zero attached hydrogens (tertiary/aromatic N) is 2. The molecule has 0 bridgehead atoms. The van der Waals surface area contributed by atoms with Crippen LogP contribution in [0.2, 0.25) is 0 Å². The summed E-state index contributed by atoms with van der Waals surface area (Å²) in [6.07, 6.45) is 2.47. The van der Waals surface area contributed by atoms with Gasteiger partial charge in [0.15, 0.2) is 0 Å². The number of aliphatic hydroxyl groups is 1. The number of aliphatic hydroxyl groups excluding tert-OH is 1. The van der Waals surface area contributed by atoms with Gasteiger partial charge in [-0.3, -0.25) is 19.5 Å². The van der Waals surface area contributed by atoms with Gasteiger partial charge in [0.25, 0.3) is 11.7 Å². The number of carbonyl (C=O) groups is 2. The van der Waals surface area contributed by atoms with Crippen molar-refractivity contribution in [2.45, 2.75) is 26.3 Å². The van der Waals surface area contributed by atoms with E-state index in [2.05, 4.69) is 4.98 Å². The number of hydrogen-bond donors (Lipinski definition) is 1. The van der Waals surface area contributed by atoms with E-state index in [1.165, 1.54) is 4.90 Å². The Morgan fingerprint density at radius 1 is 1.00 bits per heavy atom. The Morgan fingerprint density at radius 3 is 2.31 bits per heavy atom. The van der Waals surface area contributed by atoms with E-state index in [0.717, 1.165) is 12.0 Å². The van der Waals surface area contributed by atoms with Gasteiger partial charge in [0.1, 0.15) is 17.6 Å². The van der Waals surface area contributed by atoms with E-state index in [4.69, 9.17) is 4.74 Å². The summed E-state index contributed by atoms with van der Waals surface area (Å²) in [6.45, 7) is 4.45. The SMILES string of the molecule is CCOc1ccc(/C(O)=C2/C(=O)C(=O)N(c3ccc(CC)cc3)C2c2ccccn2)cc1. The zero-order chi connectivity index (χ0) is 22.7. The third-order valence-corrected chi connectivity index (χ3v) is 5.47. The third kappa shape index (κ3) is 3.87. The van der Waals surface area contributed by atoms with Crippen LogP contribution in [0.15, 0.2) is 78.5 Å². The molecule has 0 saturated carbocycles. The monoisotopic (exact) mass is 428 g/mol. The van der Waals surface area contributed by atoms with E-state index in [0.29, 0.717) is 29.3 Å². The van der Waals surface area contributed by atoms with Gasteiger partial charge in [-0.2, -0.15) is 0 Å². The van der Waals surface area contributed by atoms with Crippen molar-refractivity contribution in [1.29, 1.82) is 0 Å². The molecule has 1 amide bonds. The lowest BCUT2D eigenvalue weighted by Crippen LogP contribution is -2.29. The Labute approximate surface area is 186 Å². The molecule has 1 saturated heterocycles. The van der Waals surface area contributed by atoms with E-state index >= 15 is 0 Å². The van der Waals surface area contributed by atoms with Crippen LogP contribution in [-0.2, 0) is 16.0 Å². The van der Waals surface area contributed by atoms with Gasteiger partial charge >= 0.3 is 0 Å². The molecule has 1 aliphatic rings. The third-order valence-electron chi connectivity index (χ3n) is 5.47. The highest BCUT2D eigenvalue weighted by atomic mass is 16.5. The first-order valence-corrected chi connectivity index (χ1v) is 10.6. The van der Waals surface area contributed by atoms with Crippen LogP contribution in [0, 0.1) is 0 Å². The summed E-state index contributed by atoms with van der Waals surface area (Å²) in [6, 6.07) is 18.7. The summed E-state index contributed by atoms with van der Waals surface area (Å²) < 4.78 is 5.45. The van der Waals surface area contributed by atoms with E-state index in [9.17, 15) is 14.7 Å². The lowest BCUT2D eigenvalue weighted by Gasteiger charge is -2.24. The molecule has 162 valence electrons. The van der Waals surface area contributed by atoms with E-state index in [1.54, 1.807) is 48.7 Å². The molecule has 1 N–H and O–H groups in total. The summed E-state index contributed by atoms with van der Waals surface area (Å²) in [5, 5.41) is 11.1. The van der Waals surface area contributed by atoms with Gasteiger partial charge in [0.2, 0.25) is 0 Å². The average Bonchev–Trinajstić information content (AvgIpc) is 3.10. The van der Waals surface area contributed by atoms with Gasteiger partial charge in [0, 0.05) is 17.4 Å². The molecule has 3 aromatic rings. The van der Waals surface area contributed by atoms with Crippen molar-refractivity contribution in [3.8, 4) is 5.75 Å². The van der Waals surface area contributed by atoms with Crippen molar-refractivity contribution in [3.05, 3.63) is 95.3 Å². The van der Waals surface area contributed by atoms with Crippen molar-refractivity contribution in [2.75, 3.05) is 11.5 Å². The molecule has 2 aromatic carbocycles. The van der Waals surface area contributed by atoms with E-state index < -0.39 is 17.7 Å². The molecule has 1 unspecified atom stereocenters. The number of ether oxygens (including phenoxy) is 1. The molecule has 1 atom stereocenters.